The lowest BCUT2D eigenvalue weighted by Crippen LogP contribution is -2.47. The second-order valence-corrected chi connectivity index (χ2v) is 15.5. The molecule has 2 aliphatic heterocycles. The van der Waals surface area contributed by atoms with Crippen LogP contribution in [-0.2, 0) is 22.4 Å². The number of hydrogen-bond acceptors (Lipinski definition) is 7. The van der Waals surface area contributed by atoms with Gasteiger partial charge in [-0.1, -0.05) is 128 Å². The summed E-state index contributed by atoms with van der Waals surface area (Å²) in [7, 11) is 0. The number of anilines is 2. The fourth-order valence-electron chi connectivity index (χ4n) is 8.32. The quantitative estimate of drug-likeness (QED) is 0.124. The van der Waals surface area contributed by atoms with Gasteiger partial charge in [-0.05, 0) is 83.8 Å². The normalized spacial score (nSPS) is 15.0. The topological polar surface area (TPSA) is 109 Å². The number of benzene rings is 4. The van der Waals surface area contributed by atoms with E-state index in [2.05, 4.69) is 96.8 Å². The summed E-state index contributed by atoms with van der Waals surface area (Å²) in [6.45, 7) is 25.5. The highest BCUT2D eigenvalue weighted by Crippen LogP contribution is 2.26. The Hall–Kier alpha value is -6.75. The van der Waals surface area contributed by atoms with E-state index < -0.39 is 0 Å². The molecule has 2 saturated heterocycles. The van der Waals surface area contributed by atoms with Gasteiger partial charge in [0.2, 0.25) is 0 Å². The lowest BCUT2D eigenvalue weighted by Gasteiger charge is -2.36. The molecule has 0 amide bonds. The molecule has 5 heterocycles. The molecule has 1 aliphatic carbocycles. The lowest BCUT2D eigenvalue weighted by atomic mass is 9.91. The number of carbonyl (C=O) groups is 2. The minimum absolute atomic E-state index is 0.00239. The van der Waals surface area contributed by atoms with Crippen molar-refractivity contribution in [3.63, 3.8) is 0 Å². The van der Waals surface area contributed by atoms with Gasteiger partial charge in [-0.25, -0.2) is 0 Å². The molecule has 3 aliphatic rings. The zero-order valence-corrected chi connectivity index (χ0v) is 42.5. The van der Waals surface area contributed by atoms with Crippen molar-refractivity contribution in [1.82, 2.24) is 24.8 Å². The highest BCUT2D eigenvalue weighted by Gasteiger charge is 2.20. The SMILES string of the molecule is CC.CC.CC.CC.O=C1C=CC=CC1c1ccc(N2CCN(CCc3c[nH]c4ccccc34)CC2)cc1.O=CCc1c[nH]c2ccccc12.O=c1ccccn1-c1ccc(N2CCNCC2)cc1. The molecule has 10 nitrogen and oxygen atoms in total. The first-order chi connectivity index (χ1) is 34.0. The van der Waals surface area contributed by atoms with E-state index in [1.54, 1.807) is 29.0 Å². The zero-order chi connectivity index (χ0) is 49.8. The van der Waals surface area contributed by atoms with Crippen molar-refractivity contribution in [1.29, 1.82) is 0 Å². The zero-order valence-electron chi connectivity index (χ0n) is 42.5. The Morgan fingerprint density at radius 1 is 0.565 bits per heavy atom. The number of aromatic nitrogens is 3. The van der Waals surface area contributed by atoms with Gasteiger partial charge < -0.3 is 29.9 Å². The van der Waals surface area contributed by atoms with E-state index in [1.165, 1.54) is 27.8 Å². The summed E-state index contributed by atoms with van der Waals surface area (Å²) in [5.41, 5.74) is 9.23. The maximum absolute atomic E-state index is 12.1. The first kappa shape index (κ1) is 54.9. The highest BCUT2D eigenvalue weighted by atomic mass is 16.1. The molecule has 366 valence electrons. The summed E-state index contributed by atoms with van der Waals surface area (Å²) >= 11 is 0. The highest BCUT2D eigenvalue weighted by molar-refractivity contribution is 5.98. The molecule has 0 bridgehead atoms. The second-order valence-electron chi connectivity index (χ2n) is 15.5. The average molecular weight is 932 g/mol. The molecule has 69 heavy (non-hydrogen) atoms. The van der Waals surface area contributed by atoms with Crippen LogP contribution in [0.25, 0.3) is 27.5 Å². The number of pyridine rings is 1. The molecule has 3 N–H and O–H groups in total. The van der Waals surface area contributed by atoms with Gasteiger partial charge in [0.15, 0.2) is 5.78 Å². The standard InChI is InChI=1S/C26H27N3O.C15H17N3O.C10H9NO.4C2H6/c30-26-8-4-2-6-24(26)20-9-11-22(12-10-20)29-17-15-28(16-18-29)14-13-21-19-27-25-7-3-1-5-23(21)25;19-15-3-1-2-10-18(15)14-6-4-13(5-7-14)17-11-8-16-9-12-17;12-6-5-8-7-11-10-4-2-1-3-9(8)10;4*1-2/h1-12,19,24,27H,13-18H2;1-7,10,16H,8-9,11-12H2;1-4,6-7,11H,5H2;4*1-2H3. The Bertz CT molecular complexity index is 2640. The van der Waals surface area contributed by atoms with Gasteiger partial charge >= 0.3 is 0 Å². The summed E-state index contributed by atoms with van der Waals surface area (Å²) in [4.78, 5) is 48.0. The summed E-state index contributed by atoms with van der Waals surface area (Å²) in [6.07, 6.45) is 15.7. The van der Waals surface area contributed by atoms with E-state index >= 15 is 0 Å². The van der Waals surface area contributed by atoms with Crippen molar-refractivity contribution in [3.8, 4) is 5.69 Å². The lowest BCUT2D eigenvalue weighted by molar-refractivity contribution is -0.115. The fourth-order valence-corrected chi connectivity index (χ4v) is 8.32. The third-order valence-electron chi connectivity index (χ3n) is 11.8. The second kappa shape index (κ2) is 30.6. The van der Waals surface area contributed by atoms with Crippen LogP contribution in [0, 0.1) is 0 Å². The average Bonchev–Trinajstić information content (AvgIpc) is 4.05. The van der Waals surface area contributed by atoms with E-state index in [9.17, 15) is 14.4 Å². The van der Waals surface area contributed by atoms with Gasteiger partial charge in [0.25, 0.3) is 5.56 Å². The smallest absolute Gasteiger partial charge is 0.255 e. The largest absolute Gasteiger partial charge is 0.369 e. The first-order valence-electron chi connectivity index (χ1n) is 25.3. The maximum Gasteiger partial charge on any atom is 0.255 e. The predicted octanol–water partition coefficient (Wildman–Crippen LogP) is 11.6. The van der Waals surface area contributed by atoms with Crippen LogP contribution in [0.5, 0.6) is 0 Å². The number of piperazine rings is 2. The fraction of sp³-hybridized carbons (Fsp3) is 0.339. The molecule has 3 aromatic heterocycles. The number of nitrogens with one attached hydrogen (secondary N) is 3. The summed E-state index contributed by atoms with van der Waals surface area (Å²) in [5.74, 6) is 0.0273. The Labute approximate surface area is 411 Å². The first-order valence-corrected chi connectivity index (χ1v) is 25.3. The monoisotopic (exact) mass is 932 g/mol. The van der Waals surface area contributed by atoms with E-state index in [-0.39, 0.29) is 17.3 Å². The van der Waals surface area contributed by atoms with Crippen LogP contribution < -0.4 is 20.7 Å². The number of aldehydes is 1. The van der Waals surface area contributed by atoms with Crippen molar-refractivity contribution < 1.29 is 9.59 Å². The summed E-state index contributed by atoms with van der Waals surface area (Å²) in [6, 6.07) is 38.4. The summed E-state index contributed by atoms with van der Waals surface area (Å²) < 4.78 is 1.65. The molecule has 1 unspecified atom stereocenters. The van der Waals surface area contributed by atoms with Crippen molar-refractivity contribution in [3.05, 3.63) is 185 Å². The molecule has 0 saturated carbocycles. The molecule has 0 radical (unpaired) electrons. The van der Waals surface area contributed by atoms with Crippen molar-refractivity contribution >= 4 is 45.3 Å². The van der Waals surface area contributed by atoms with E-state index in [4.69, 9.17) is 0 Å². The molecule has 2 fully saturated rings. The molecular formula is C59H77N7O3. The van der Waals surface area contributed by atoms with Gasteiger partial charge in [-0.2, -0.15) is 0 Å². The molecule has 7 aromatic rings. The number of aromatic amines is 2. The van der Waals surface area contributed by atoms with Crippen LogP contribution in [-0.4, -0.2) is 90.4 Å². The number of allylic oxidation sites excluding steroid dienone is 4. The molecule has 0 spiro atoms. The number of nitrogens with zero attached hydrogens (tertiary/aromatic N) is 4. The molecule has 1 atom stereocenters. The van der Waals surface area contributed by atoms with E-state index in [0.717, 1.165) is 99.3 Å². The Morgan fingerprint density at radius 2 is 1.09 bits per heavy atom. The number of para-hydroxylation sites is 2. The molecule has 4 aromatic carbocycles. The maximum atomic E-state index is 12.1. The van der Waals surface area contributed by atoms with Crippen LogP contribution in [0.1, 0.15) is 78.0 Å². The number of hydrogen-bond donors (Lipinski definition) is 3. The predicted molar refractivity (Wildman–Crippen MR) is 294 cm³/mol. The summed E-state index contributed by atoms with van der Waals surface area (Å²) in [5, 5.41) is 5.83. The third-order valence-corrected chi connectivity index (χ3v) is 11.8. The molecular weight excluding hydrogens is 855 g/mol. The van der Waals surface area contributed by atoms with Gasteiger partial charge in [-0.15, -0.1) is 0 Å². The number of carbonyl (C=O) groups excluding carboxylic acids is 2. The number of fused-ring (bicyclic) bond motifs is 2. The van der Waals surface area contributed by atoms with Crippen LogP contribution in [0.15, 0.2) is 163 Å². The number of H-pyrrole nitrogens is 2. The third kappa shape index (κ3) is 15.6. The molecule has 10 heteroatoms. The van der Waals surface area contributed by atoms with Gasteiger partial charge in [0.05, 0.1) is 5.92 Å². The van der Waals surface area contributed by atoms with Crippen molar-refractivity contribution in [2.75, 3.05) is 68.7 Å². The molecule has 10 rings (SSSR count). The Balaban J connectivity index is 0.000000227. The van der Waals surface area contributed by atoms with Crippen molar-refractivity contribution in [2.45, 2.75) is 74.1 Å². The van der Waals surface area contributed by atoms with Crippen molar-refractivity contribution in [2.24, 2.45) is 0 Å². The van der Waals surface area contributed by atoms with E-state index in [1.807, 2.05) is 122 Å². The van der Waals surface area contributed by atoms with Crippen LogP contribution in [0.3, 0.4) is 0 Å². The van der Waals surface area contributed by atoms with Crippen LogP contribution in [0.4, 0.5) is 11.4 Å². The van der Waals surface area contributed by atoms with Gasteiger partial charge in [-0.3, -0.25) is 19.1 Å². The van der Waals surface area contributed by atoms with E-state index in [0.29, 0.717) is 6.42 Å². The minimum atomic E-state index is -0.134. The Morgan fingerprint density at radius 3 is 1.67 bits per heavy atom. The Kier molecular flexibility index (Phi) is 24.3. The van der Waals surface area contributed by atoms with Crippen LogP contribution >= 0.6 is 0 Å². The van der Waals surface area contributed by atoms with Crippen LogP contribution in [0.2, 0.25) is 0 Å². The number of rotatable bonds is 9. The van der Waals surface area contributed by atoms with Gasteiger partial charge in [0.1, 0.15) is 6.29 Å². The minimum Gasteiger partial charge on any atom is -0.369 e. The number of ketones is 1. The van der Waals surface area contributed by atoms with Gasteiger partial charge in [0, 0.05) is 129 Å².